The standard InChI is InChI=1S/C23H34N4O4/c1-16(2)27(17(3)4)22(30)9-7-5-6-8-20(28)24-18-10-12-19(13-11-18)26-15-14-21(29)25-23(26)31/h10-13,16-17H,5-9,14-15H2,1-4H3,(H,24,28)(H,25,29,31). The van der Waals surface area contributed by atoms with Crippen molar-refractivity contribution in [1.29, 1.82) is 0 Å². The molecule has 170 valence electrons. The molecule has 0 aromatic heterocycles. The topological polar surface area (TPSA) is 98.8 Å². The molecule has 8 nitrogen and oxygen atoms in total. The van der Waals surface area contributed by atoms with Gasteiger partial charge in [-0.15, -0.1) is 0 Å². The summed E-state index contributed by atoms with van der Waals surface area (Å²) in [7, 11) is 0. The normalized spacial score (nSPS) is 14.1. The van der Waals surface area contributed by atoms with E-state index >= 15 is 0 Å². The summed E-state index contributed by atoms with van der Waals surface area (Å²) in [6.07, 6.45) is 3.49. The van der Waals surface area contributed by atoms with Gasteiger partial charge in [0.1, 0.15) is 0 Å². The Hall–Kier alpha value is -2.90. The number of nitrogens with one attached hydrogen (secondary N) is 2. The van der Waals surface area contributed by atoms with Crippen molar-refractivity contribution in [2.24, 2.45) is 0 Å². The van der Waals surface area contributed by atoms with Gasteiger partial charge in [0.2, 0.25) is 17.7 Å². The molecule has 8 heteroatoms. The van der Waals surface area contributed by atoms with Crippen LogP contribution >= 0.6 is 0 Å². The highest BCUT2D eigenvalue weighted by atomic mass is 16.2. The summed E-state index contributed by atoms with van der Waals surface area (Å²) in [6.45, 7) is 8.44. The average molecular weight is 431 g/mol. The second-order valence-electron chi connectivity index (χ2n) is 8.40. The van der Waals surface area contributed by atoms with Gasteiger partial charge in [0, 0.05) is 49.3 Å². The minimum absolute atomic E-state index is 0.0774. The molecule has 0 unspecified atom stereocenters. The molecule has 0 aliphatic carbocycles. The molecular weight excluding hydrogens is 396 g/mol. The molecule has 0 saturated carbocycles. The smallest absolute Gasteiger partial charge is 0.328 e. The van der Waals surface area contributed by atoms with Gasteiger partial charge in [-0.05, 0) is 64.8 Å². The number of urea groups is 1. The van der Waals surface area contributed by atoms with Gasteiger partial charge < -0.3 is 10.2 Å². The monoisotopic (exact) mass is 430 g/mol. The van der Waals surface area contributed by atoms with Crippen LogP contribution in [-0.2, 0) is 14.4 Å². The van der Waals surface area contributed by atoms with E-state index in [1.807, 2.05) is 32.6 Å². The van der Waals surface area contributed by atoms with Gasteiger partial charge in [-0.2, -0.15) is 0 Å². The zero-order valence-electron chi connectivity index (χ0n) is 18.9. The van der Waals surface area contributed by atoms with Gasteiger partial charge in [-0.1, -0.05) is 6.42 Å². The molecule has 1 aromatic carbocycles. The van der Waals surface area contributed by atoms with Crippen molar-refractivity contribution in [1.82, 2.24) is 10.2 Å². The van der Waals surface area contributed by atoms with Gasteiger partial charge in [0.05, 0.1) is 0 Å². The van der Waals surface area contributed by atoms with Crippen LogP contribution in [0.1, 0.15) is 66.2 Å². The van der Waals surface area contributed by atoms with Crippen LogP contribution in [0.2, 0.25) is 0 Å². The molecule has 31 heavy (non-hydrogen) atoms. The first-order valence-electron chi connectivity index (χ1n) is 11.0. The summed E-state index contributed by atoms with van der Waals surface area (Å²) in [6, 6.07) is 6.91. The maximum absolute atomic E-state index is 12.3. The number of benzene rings is 1. The van der Waals surface area contributed by atoms with E-state index in [0.717, 1.165) is 19.3 Å². The Morgan fingerprint density at radius 1 is 1.00 bits per heavy atom. The quantitative estimate of drug-likeness (QED) is 0.553. The van der Waals surface area contributed by atoms with Gasteiger partial charge in [0.15, 0.2) is 0 Å². The number of anilines is 2. The Morgan fingerprint density at radius 3 is 2.19 bits per heavy atom. The minimum Gasteiger partial charge on any atom is -0.338 e. The second-order valence-corrected chi connectivity index (χ2v) is 8.40. The highest BCUT2D eigenvalue weighted by molar-refractivity contribution is 6.05. The SMILES string of the molecule is CC(C)N(C(=O)CCCCCC(=O)Nc1ccc(N2CCC(=O)NC2=O)cc1)C(C)C. The molecule has 0 radical (unpaired) electrons. The largest absolute Gasteiger partial charge is 0.338 e. The molecule has 0 spiro atoms. The third kappa shape index (κ3) is 7.38. The summed E-state index contributed by atoms with van der Waals surface area (Å²) in [5, 5.41) is 5.14. The van der Waals surface area contributed by atoms with Crippen LogP contribution < -0.4 is 15.5 Å². The number of nitrogens with zero attached hydrogens (tertiary/aromatic N) is 2. The van der Waals surface area contributed by atoms with Crippen LogP contribution in [0.25, 0.3) is 0 Å². The summed E-state index contributed by atoms with van der Waals surface area (Å²) in [5.74, 6) is -0.181. The third-order valence-corrected chi connectivity index (χ3v) is 5.21. The molecule has 1 aromatic rings. The predicted molar refractivity (Wildman–Crippen MR) is 121 cm³/mol. The summed E-state index contributed by atoms with van der Waals surface area (Å²) < 4.78 is 0. The summed E-state index contributed by atoms with van der Waals surface area (Å²) in [5.41, 5.74) is 1.33. The first-order valence-corrected chi connectivity index (χ1v) is 11.0. The maximum Gasteiger partial charge on any atom is 0.328 e. The van der Waals surface area contributed by atoms with E-state index in [2.05, 4.69) is 10.6 Å². The van der Waals surface area contributed by atoms with Crippen LogP contribution in [-0.4, -0.2) is 47.3 Å². The first-order chi connectivity index (χ1) is 14.7. The summed E-state index contributed by atoms with van der Waals surface area (Å²) >= 11 is 0. The first kappa shape index (κ1) is 24.4. The van der Waals surface area contributed by atoms with Crippen molar-refractivity contribution in [3.05, 3.63) is 24.3 Å². The lowest BCUT2D eigenvalue weighted by atomic mass is 10.1. The number of rotatable bonds is 10. The zero-order chi connectivity index (χ0) is 23.0. The van der Waals surface area contributed by atoms with Crippen molar-refractivity contribution >= 4 is 35.1 Å². The van der Waals surface area contributed by atoms with Crippen LogP contribution in [0, 0.1) is 0 Å². The molecule has 1 fully saturated rings. The van der Waals surface area contributed by atoms with Crippen molar-refractivity contribution < 1.29 is 19.2 Å². The molecule has 1 aliphatic heterocycles. The van der Waals surface area contributed by atoms with Crippen molar-refractivity contribution in [2.75, 3.05) is 16.8 Å². The highest BCUT2D eigenvalue weighted by Crippen LogP contribution is 2.20. The fourth-order valence-corrected chi connectivity index (χ4v) is 3.80. The molecule has 0 bridgehead atoms. The predicted octanol–water partition coefficient (Wildman–Crippen LogP) is 3.67. The van der Waals surface area contributed by atoms with E-state index in [1.165, 1.54) is 4.90 Å². The minimum atomic E-state index is -0.434. The average Bonchev–Trinajstić information content (AvgIpc) is 2.68. The van der Waals surface area contributed by atoms with Gasteiger partial charge >= 0.3 is 6.03 Å². The molecule has 2 N–H and O–H groups in total. The molecule has 1 saturated heterocycles. The lowest BCUT2D eigenvalue weighted by molar-refractivity contribution is -0.134. The van der Waals surface area contributed by atoms with E-state index in [9.17, 15) is 19.2 Å². The number of amides is 5. The van der Waals surface area contributed by atoms with Crippen molar-refractivity contribution in [3.8, 4) is 0 Å². The fraction of sp³-hybridized carbons (Fsp3) is 0.565. The fourth-order valence-electron chi connectivity index (χ4n) is 3.80. The number of hydrogen-bond acceptors (Lipinski definition) is 4. The Labute approximate surface area is 184 Å². The molecule has 1 heterocycles. The van der Waals surface area contributed by atoms with Crippen LogP contribution in [0.4, 0.5) is 16.2 Å². The van der Waals surface area contributed by atoms with Crippen LogP contribution in [0.3, 0.4) is 0 Å². The Morgan fingerprint density at radius 2 is 1.61 bits per heavy atom. The Bertz CT molecular complexity index is 781. The van der Waals surface area contributed by atoms with Crippen molar-refractivity contribution in [3.63, 3.8) is 0 Å². The van der Waals surface area contributed by atoms with Crippen LogP contribution in [0.15, 0.2) is 24.3 Å². The number of hydrogen-bond donors (Lipinski definition) is 2. The van der Waals surface area contributed by atoms with E-state index in [1.54, 1.807) is 24.3 Å². The third-order valence-electron chi connectivity index (χ3n) is 5.21. The lowest BCUT2D eigenvalue weighted by Crippen LogP contribution is -2.49. The lowest BCUT2D eigenvalue weighted by Gasteiger charge is -2.30. The number of carbonyl (C=O) groups is 4. The van der Waals surface area contributed by atoms with Gasteiger partial charge in [-0.25, -0.2) is 4.79 Å². The van der Waals surface area contributed by atoms with E-state index in [0.29, 0.717) is 30.8 Å². The van der Waals surface area contributed by atoms with E-state index < -0.39 is 6.03 Å². The van der Waals surface area contributed by atoms with Crippen LogP contribution in [0.5, 0.6) is 0 Å². The molecular formula is C23H34N4O4. The summed E-state index contributed by atoms with van der Waals surface area (Å²) in [4.78, 5) is 51.0. The highest BCUT2D eigenvalue weighted by Gasteiger charge is 2.24. The number of carbonyl (C=O) groups excluding carboxylic acids is 4. The molecule has 5 amide bonds. The zero-order valence-corrected chi connectivity index (χ0v) is 18.9. The maximum atomic E-state index is 12.3. The molecule has 2 rings (SSSR count). The Kier molecular flexibility index (Phi) is 9.03. The Balaban J connectivity index is 1.70. The second kappa shape index (κ2) is 11.5. The van der Waals surface area contributed by atoms with Gasteiger partial charge in [0.25, 0.3) is 0 Å². The van der Waals surface area contributed by atoms with E-state index in [4.69, 9.17) is 0 Å². The number of unbranched alkanes of at least 4 members (excludes halogenated alkanes) is 2. The molecule has 1 aliphatic rings. The van der Waals surface area contributed by atoms with E-state index in [-0.39, 0.29) is 36.2 Å². The number of imide groups is 1. The van der Waals surface area contributed by atoms with Gasteiger partial charge in [-0.3, -0.25) is 24.6 Å². The van der Waals surface area contributed by atoms with Crippen molar-refractivity contribution in [2.45, 2.75) is 78.3 Å². The molecule has 0 atom stereocenters.